The van der Waals surface area contributed by atoms with Gasteiger partial charge in [0.05, 0.1) is 17.9 Å². The van der Waals surface area contributed by atoms with E-state index in [4.69, 9.17) is 0 Å². The Morgan fingerprint density at radius 1 is 1.00 bits per heavy atom. The van der Waals surface area contributed by atoms with Gasteiger partial charge in [-0.25, -0.2) is 0 Å². The zero-order valence-corrected chi connectivity index (χ0v) is 14.5. The largest absolute Gasteiger partial charge is 0.370 e. The number of hydrogen-bond donors (Lipinski definition) is 1. The molecule has 0 saturated heterocycles. The zero-order valence-electron chi connectivity index (χ0n) is 14.5. The highest BCUT2D eigenvalue weighted by atomic mass is 16.2. The monoisotopic (exact) mass is 308 g/mol. The number of benzene rings is 2. The van der Waals surface area contributed by atoms with E-state index in [-0.39, 0.29) is 5.91 Å². The van der Waals surface area contributed by atoms with Crippen molar-refractivity contribution in [2.45, 2.75) is 46.7 Å². The molecule has 0 saturated carbocycles. The highest BCUT2D eigenvalue weighted by molar-refractivity contribution is 6.07. The number of nitrogens with zero attached hydrogens (tertiary/aromatic N) is 1. The van der Waals surface area contributed by atoms with Crippen molar-refractivity contribution in [1.29, 1.82) is 0 Å². The predicted octanol–water partition coefficient (Wildman–Crippen LogP) is 4.35. The second-order valence-corrected chi connectivity index (χ2v) is 7.02. The molecular weight excluding hydrogens is 284 g/mol. The molecule has 0 fully saturated rings. The van der Waals surface area contributed by atoms with Crippen LogP contribution in [-0.4, -0.2) is 11.4 Å². The fourth-order valence-electron chi connectivity index (χ4n) is 3.08. The average molecular weight is 308 g/mol. The van der Waals surface area contributed by atoms with Crippen LogP contribution in [-0.2, 0) is 11.3 Å². The molecule has 1 aliphatic rings. The van der Waals surface area contributed by atoms with Gasteiger partial charge in [-0.05, 0) is 69.0 Å². The molecule has 0 radical (unpaired) electrons. The summed E-state index contributed by atoms with van der Waals surface area (Å²) >= 11 is 0. The summed E-state index contributed by atoms with van der Waals surface area (Å²) in [5.41, 5.74) is 6.24. The summed E-state index contributed by atoms with van der Waals surface area (Å²) in [6, 6.07) is 12.5. The number of fused-ring (bicyclic) bond motifs is 1. The van der Waals surface area contributed by atoms with E-state index in [0.29, 0.717) is 6.54 Å². The molecule has 2 aromatic rings. The van der Waals surface area contributed by atoms with Gasteiger partial charge in [-0.3, -0.25) is 4.79 Å². The van der Waals surface area contributed by atoms with E-state index in [1.54, 1.807) is 0 Å². The first kappa shape index (κ1) is 15.6. The summed E-state index contributed by atoms with van der Waals surface area (Å²) in [5.74, 6) is 0.108. The quantitative estimate of drug-likeness (QED) is 0.894. The molecule has 0 bridgehead atoms. The fraction of sp³-hybridized carbons (Fsp3) is 0.350. The van der Waals surface area contributed by atoms with E-state index < -0.39 is 5.54 Å². The van der Waals surface area contributed by atoms with Crippen LogP contribution in [0.4, 0.5) is 11.4 Å². The molecule has 1 heterocycles. The third-order valence-electron chi connectivity index (χ3n) is 4.72. The van der Waals surface area contributed by atoms with Crippen LogP contribution in [0.3, 0.4) is 0 Å². The maximum Gasteiger partial charge on any atom is 0.252 e. The van der Waals surface area contributed by atoms with Crippen molar-refractivity contribution in [3.8, 4) is 0 Å². The molecule has 1 N–H and O–H groups in total. The van der Waals surface area contributed by atoms with Crippen LogP contribution in [0.15, 0.2) is 36.4 Å². The molecule has 0 spiro atoms. The van der Waals surface area contributed by atoms with Gasteiger partial charge in [0.1, 0.15) is 5.54 Å². The molecule has 1 amide bonds. The van der Waals surface area contributed by atoms with E-state index >= 15 is 0 Å². The maximum atomic E-state index is 13.0. The molecule has 3 rings (SSSR count). The van der Waals surface area contributed by atoms with Gasteiger partial charge in [0.2, 0.25) is 0 Å². The van der Waals surface area contributed by atoms with Crippen molar-refractivity contribution in [2.75, 3.05) is 10.2 Å². The number of nitrogens with one attached hydrogen (secondary N) is 1. The van der Waals surface area contributed by atoms with Crippen molar-refractivity contribution in [3.05, 3.63) is 58.7 Å². The van der Waals surface area contributed by atoms with Crippen LogP contribution in [0, 0.1) is 20.8 Å². The van der Waals surface area contributed by atoms with E-state index in [2.05, 4.69) is 50.4 Å². The molecule has 2 aromatic carbocycles. The Hall–Kier alpha value is -2.29. The number of carbonyl (C=O) groups excluding carboxylic acids is 1. The summed E-state index contributed by atoms with van der Waals surface area (Å²) < 4.78 is 0. The average Bonchev–Trinajstić information content (AvgIpc) is 2.48. The summed E-state index contributed by atoms with van der Waals surface area (Å²) in [7, 11) is 0. The van der Waals surface area contributed by atoms with Crippen LogP contribution < -0.4 is 10.2 Å². The summed E-state index contributed by atoms with van der Waals surface area (Å²) in [4.78, 5) is 14.9. The van der Waals surface area contributed by atoms with Crippen molar-refractivity contribution in [1.82, 2.24) is 0 Å². The lowest BCUT2D eigenvalue weighted by Crippen LogP contribution is -2.53. The number of rotatable bonds is 2. The molecule has 0 aliphatic carbocycles. The second kappa shape index (κ2) is 5.41. The molecule has 0 unspecified atom stereocenters. The van der Waals surface area contributed by atoms with E-state index in [9.17, 15) is 4.79 Å². The van der Waals surface area contributed by atoms with E-state index in [1.165, 1.54) is 22.3 Å². The molecule has 3 nitrogen and oxygen atoms in total. The predicted molar refractivity (Wildman–Crippen MR) is 96.0 cm³/mol. The Bertz CT molecular complexity index is 777. The van der Waals surface area contributed by atoms with Crippen molar-refractivity contribution in [2.24, 2.45) is 0 Å². The topological polar surface area (TPSA) is 32.3 Å². The number of aryl methyl sites for hydroxylation is 3. The lowest BCUT2D eigenvalue weighted by Gasteiger charge is -2.40. The molecule has 120 valence electrons. The Balaban J connectivity index is 2.10. The van der Waals surface area contributed by atoms with Gasteiger partial charge in [-0.2, -0.15) is 0 Å². The van der Waals surface area contributed by atoms with E-state index in [1.807, 2.05) is 30.9 Å². The molecule has 0 atom stereocenters. The lowest BCUT2D eigenvalue weighted by atomic mass is 9.95. The Labute approximate surface area is 138 Å². The van der Waals surface area contributed by atoms with Crippen LogP contribution in [0.1, 0.15) is 36.1 Å². The van der Waals surface area contributed by atoms with Gasteiger partial charge < -0.3 is 10.2 Å². The number of anilines is 2. The third kappa shape index (κ3) is 2.72. The number of carbonyl (C=O) groups is 1. The van der Waals surface area contributed by atoms with Crippen molar-refractivity contribution < 1.29 is 4.79 Å². The van der Waals surface area contributed by atoms with Gasteiger partial charge in [0.15, 0.2) is 0 Å². The van der Waals surface area contributed by atoms with Gasteiger partial charge in [0.25, 0.3) is 5.91 Å². The van der Waals surface area contributed by atoms with Gasteiger partial charge in [-0.1, -0.05) is 24.3 Å². The summed E-state index contributed by atoms with van der Waals surface area (Å²) in [5, 5.41) is 3.39. The number of amides is 1. The molecule has 3 heteroatoms. The molecule has 1 aliphatic heterocycles. The zero-order chi connectivity index (χ0) is 16.8. The fourth-order valence-corrected chi connectivity index (χ4v) is 3.08. The van der Waals surface area contributed by atoms with Gasteiger partial charge in [-0.15, -0.1) is 0 Å². The van der Waals surface area contributed by atoms with Crippen LogP contribution in [0.2, 0.25) is 0 Å². The maximum absolute atomic E-state index is 13.0. The van der Waals surface area contributed by atoms with Crippen LogP contribution in [0.25, 0.3) is 0 Å². The van der Waals surface area contributed by atoms with Crippen LogP contribution in [0.5, 0.6) is 0 Å². The molecule has 0 aromatic heterocycles. The normalized spacial score (nSPS) is 16.0. The summed E-state index contributed by atoms with van der Waals surface area (Å²) in [6.45, 7) is 10.8. The SMILES string of the molecule is Cc1cc2c(cc1C)N(Cc1ccccc1C)C(=O)C(C)(C)N2. The Kier molecular flexibility index (Phi) is 3.67. The van der Waals surface area contributed by atoms with Crippen molar-refractivity contribution >= 4 is 17.3 Å². The lowest BCUT2D eigenvalue weighted by molar-refractivity contribution is -0.122. The second-order valence-electron chi connectivity index (χ2n) is 7.02. The standard InChI is InChI=1S/C20H24N2O/c1-13-8-6-7-9-16(13)12-22-18-11-15(3)14(2)10-17(18)21-20(4,5)19(22)23/h6-11,21H,12H2,1-5H3. The first-order chi connectivity index (χ1) is 10.8. The molecular formula is C20H24N2O. The Morgan fingerprint density at radius 3 is 2.35 bits per heavy atom. The van der Waals surface area contributed by atoms with Gasteiger partial charge in [0, 0.05) is 0 Å². The smallest absolute Gasteiger partial charge is 0.252 e. The number of hydrogen-bond acceptors (Lipinski definition) is 2. The minimum atomic E-state index is -0.600. The Morgan fingerprint density at radius 2 is 1.65 bits per heavy atom. The molecule has 23 heavy (non-hydrogen) atoms. The van der Waals surface area contributed by atoms with E-state index in [0.717, 1.165) is 11.4 Å². The minimum absolute atomic E-state index is 0.108. The van der Waals surface area contributed by atoms with Crippen LogP contribution >= 0.6 is 0 Å². The highest BCUT2D eigenvalue weighted by Gasteiger charge is 2.38. The van der Waals surface area contributed by atoms with Gasteiger partial charge >= 0.3 is 0 Å². The first-order valence-electron chi connectivity index (χ1n) is 8.05. The highest BCUT2D eigenvalue weighted by Crippen LogP contribution is 2.38. The van der Waals surface area contributed by atoms with Crippen molar-refractivity contribution in [3.63, 3.8) is 0 Å². The first-order valence-corrected chi connectivity index (χ1v) is 8.05. The third-order valence-corrected chi connectivity index (χ3v) is 4.72. The summed E-state index contributed by atoms with van der Waals surface area (Å²) in [6.07, 6.45) is 0. The minimum Gasteiger partial charge on any atom is -0.370 e.